The number of hydrogen-bond acceptors (Lipinski definition) is 2. The Labute approximate surface area is 57.0 Å². The fourth-order valence-electron chi connectivity index (χ4n) is 0. The lowest BCUT2D eigenvalue weighted by atomic mass is 10.7. The molecular weight excluding hydrogens is 180 g/mol. The van der Waals surface area contributed by atoms with Gasteiger partial charge in [-0.3, -0.25) is 10.2 Å². The van der Waals surface area contributed by atoms with Crippen LogP contribution in [0.2, 0.25) is 0 Å². The highest BCUT2D eigenvalue weighted by Crippen LogP contribution is 1.71. The normalized spacial score (nSPS) is 6.43. The molecule has 5 heteroatoms. The summed E-state index contributed by atoms with van der Waals surface area (Å²) in [6, 6.07) is 0. The van der Waals surface area contributed by atoms with Crippen LogP contribution in [0.3, 0.4) is 0 Å². The van der Waals surface area contributed by atoms with Crippen LogP contribution in [0.15, 0.2) is 0 Å². The molecule has 0 bridgehead atoms. The summed E-state index contributed by atoms with van der Waals surface area (Å²) in [6.45, 7) is 0. The van der Waals surface area contributed by atoms with E-state index in [-0.39, 0.29) is 17.0 Å². The predicted octanol–water partition coefficient (Wildman–Crippen LogP) is -0.0433. The smallest absolute Gasteiger partial charge is 0.250 e. The van der Waals surface area contributed by atoms with Crippen LogP contribution in [-0.2, 0) is 4.79 Å². The Morgan fingerprint density at radius 1 is 1.71 bits per heavy atom. The van der Waals surface area contributed by atoms with Crippen molar-refractivity contribution in [3.8, 4) is 0 Å². The lowest BCUT2D eigenvalue weighted by Gasteiger charge is -1.78. The highest BCUT2D eigenvalue weighted by atomic mass is 79.9. The fourth-order valence-corrected chi connectivity index (χ4v) is 0. The number of nitrogens with one attached hydrogen (secondary N) is 1. The van der Waals surface area contributed by atoms with Gasteiger partial charge in [0.1, 0.15) is 0 Å². The van der Waals surface area contributed by atoms with Gasteiger partial charge in [0.05, 0.1) is 0 Å². The summed E-state index contributed by atoms with van der Waals surface area (Å²) in [6.07, 6.45) is 0. The lowest BCUT2D eigenvalue weighted by molar-refractivity contribution is -0.105. The van der Waals surface area contributed by atoms with Gasteiger partial charge < -0.3 is 5.73 Å². The van der Waals surface area contributed by atoms with Crippen molar-refractivity contribution in [2.75, 3.05) is 0 Å². The second-order valence-electron chi connectivity index (χ2n) is 0.719. The number of thiol groups is 1. The highest BCUT2D eigenvalue weighted by Gasteiger charge is 1.91. The Balaban J connectivity index is 0. The minimum Gasteiger partial charge on any atom is -0.380 e. The van der Waals surface area contributed by atoms with Crippen molar-refractivity contribution < 1.29 is 4.79 Å². The van der Waals surface area contributed by atoms with E-state index in [1.165, 1.54) is 0 Å². The molecule has 0 atom stereocenters. The topological polar surface area (TPSA) is 66.9 Å². The summed E-state index contributed by atoms with van der Waals surface area (Å²) in [5.41, 5.74) is 4.59. The van der Waals surface area contributed by atoms with Gasteiger partial charge in [-0.2, -0.15) is 0 Å². The monoisotopic (exact) mass is 184 g/mol. The zero-order valence-corrected chi connectivity index (χ0v) is 5.95. The first-order chi connectivity index (χ1) is 2.64. The van der Waals surface area contributed by atoms with Crippen molar-refractivity contribution >= 4 is 40.6 Å². The van der Waals surface area contributed by atoms with Gasteiger partial charge in [-0.15, -0.1) is 17.0 Å². The molecule has 0 aliphatic heterocycles. The Morgan fingerprint density at radius 2 is 1.86 bits per heavy atom. The van der Waals surface area contributed by atoms with Crippen LogP contribution in [0.1, 0.15) is 0 Å². The van der Waals surface area contributed by atoms with Gasteiger partial charge in [0.15, 0.2) is 5.84 Å². The molecule has 0 unspecified atom stereocenters. The van der Waals surface area contributed by atoms with Crippen LogP contribution in [0.5, 0.6) is 0 Å². The number of rotatable bonds is 1. The molecule has 0 aromatic carbocycles. The van der Waals surface area contributed by atoms with Crippen molar-refractivity contribution in [2.24, 2.45) is 5.73 Å². The zero-order chi connectivity index (χ0) is 5.15. The molecule has 0 rings (SSSR count). The van der Waals surface area contributed by atoms with Crippen LogP contribution in [0.25, 0.3) is 0 Å². The van der Waals surface area contributed by atoms with Crippen LogP contribution < -0.4 is 5.73 Å². The standard InChI is InChI=1S/C2H4N2OS.BrH/c3-1(4)2(5)6;/h(H3,3,4)(H,5,6);1H. The van der Waals surface area contributed by atoms with E-state index < -0.39 is 11.0 Å². The maximum absolute atomic E-state index is 9.66. The minimum atomic E-state index is -0.685. The van der Waals surface area contributed by atoms with Crippen molar-refractivity contribution in [1.29, 1.82) is 5.41 Å². The lowest BCUT2D eigenvalue weighted by Crippen LogP contribution is -2.16. The van der Waals surface area contributed by atoms with Gasteiger partial charge in [0.2, 0.25) is 5.12 Å². The Hall–Kier alpha value is -0.0300. The molecule has 0 saturated heterocycles. The first-order valence-electron chi connectivity index (χ1n) is 1.22. The van der Waals surface area contributed by atoms with Gasteiger partial charge in [-0.1, -0.05) is 12.6 Å². The van der Waals surface area contributed by atoms with Crippen molar-refractivity contribution in [2.45, 2.75) is 0 Å². The predicted molar refractivity (Wildman–Crippen MR) is 36.2 cm³/mol. The van der Waals surface area contributed by atoms with Gasteiger partial charge in [0, 0.05) is 0 Å². The molecule has 0 radical (unpaired) electrons. The van der Waals surface area contributed by atoms with E-state index in [1.807, 2.05) is 0 Å². The van der Waals surface area contributed by atoms with Crippen molar-refractivity contribution in [3.05, 3.63) is 0 Å². The van der Waals surface area contributed by atoms with Crippen LogP contribution in [0, 0.1) is 5.41 Å². The van der Waals surface area contributed by atoms with Gasteiger partial charge >= 0.3 is 0 Å². The maximum Gasteiger partial charge on any atom is 0.250 e. The average molecular weight is 185 g/mol. The molecular formula is C2H5BrN2OS. The van der Waals surface area contributed by atoms with Crippen molar-refractivity contribution in [3.63, 3.8) is 0 Å². The van der Waals surface area contributed by atoms with E-state index in [1.54, 1.807) is 0 Å². The van der Waals surface area contributed by atoms with E-state index in [0.29, 0.717) is 0 Å². The molecule has 0 heterocycles. The molecule has 0 fully saturated rings. The van der Waals surface area contributed by atoms with E-state index in [9.17, 15) is 4.79 Å². The third-order valence-electron chi connectivity index (χ3n) is 0.230. The second kappa shape index (κ2) is 4.14. The van der Waals surface area contributed by atoms with E-state index in [2.05, 4.69) is 18.4 Å². The summed E-state index contributed by atoms with van der Waals surface area (Å²) in [5, 5.41) is 5.62. The summed E-state index contributed by atoms with van der Waals surface area (Å²) in [7, 11) is 0. The van der Waals surface area contributed by atoms with E-state index in [4.69, 9.17) is 5.41 Å². The number of hydrogen-bond donors (Lipinski definition) is 3. The third-order valence-corrected chi connectivity index (χ3v) is 0.471. The van der Waals surface area contributed by atoms with Crippen LogP contribution >= 0.6 is 29.6 Å². The molecule has 0 aromatic heterocycles. The Kier molecular flexibility index (Phi) is 5.94. The maximum atomic E-state index is 9.66. The molecule has 7 heavy (non-hydrogen) atoms. The average Bonchev–Trinajstić information content (AvgIpc) is 1.36. The first-order valence-corrected chi connectivity index (χ1v) is 1.66. The summed E-state index contributed by atoms with van der Waals surface area (Å²) < 4.78 is 0. The molecule has 3 N–H and O–H groups in total. The third kappa shape index (κ3) is 5.97. The summed E-state index contributed by atoms with van der Waals surface area (Å²) in [4.78, 5) is 9.66. The highest BCUT2D eigenvalue weighted by molar-refractivity contribution is 8.93. The van der Waals surface area contributed by atoms with Gasteiger partial charge in [-0.25, -0.2) is 0 Å². The summed E-state index contributed by atoms with van der Waals surface area (Å²) in [5.74, 6) is -0.515. The molecule has 0 amide bonds. The molecule has 0 aliphatic rings. The van der Waals surface area contributed by atoms with Crippen LogP contribution in [-0.4, -0.2) is 11.0 Å². The van der Waals surface area contributed by atoms with E-state index >= 15 is 0 Å². The van der Waals surface area contributed by atoms with Crippen LogP contribution in [0.4, 0.5) is 0 Å². The quantitative estimate of drug-likeness (QED) is 0.304. The molecule has 0 aromatic rings. The minimum absolute atomic E-state index is 0. The number of amidine groups is 1. The van der Waals surface area contributed by atoms with Crippen molar-refractivity contribution in [1.82, 2.24) is 0 Å². The number of carbonyl (C=O) groups excluding carboxylic acids is 1. The molecule has 0 saturated carbocycles. The van der Waals surface area contributed by atoms with Gasteiger partial charge in [-0.05, 0) is 0 Å². The fraction of sp³-hybridized carbons (Fsp3) is 0. The number of halogens is 1. The molecule has 0 aliphatic carbocycles. The SMILES string of the molecule is Br.N=C(N)C(=O)S. The number of carbonyl (C=O) groups is 1. The van der Waals surface area contributed by atoms with E-state index in [0.717, 1.165) is 0 Å². The summed E-state index contributed by atoms with van der Waals surface area (Å²) >= 11 is 3.20. The number of nitrogens with two attached hydrogens (primary N) is 1. The first kappa shape index (κ1) is 10.1. The molecule has 0 spiro atoms. The molecule has 42 valence electrons. The second-order valence-corrected chi connectivity index (χ2v) is 1.13. The Morgan fingerprint density at radius 3 is 1.86 bits per heavy atom. The Bertz CT molecular complexity index is 81.7. The van der Waals surface area contributed by atoms with Gasteiger partial charge in [0.25, 0.3) is 0 Å². The molecule has 3 nitrogen and oxygen atoms in total. The largest absolute Gasteiger partial charge is 0.380 e. The zero-order valence-electron chi connectivity index (χ0n) is 3.34.